The van der Waals surface area contributed by atoms with Crippen molar-refractivity contribution >= 4 is 33.4 Å². The van der Waals surface area contributed by atoms with Crippen LogP contribution in [0.1, 0.15) is 40.3 Å². The summed E-state index contributed by atoms with van der Waals surface area (Å²) in [6, 6.07) is 12.6. The molecule has 9 heteroatoms. The lowest BCUT2D eigenvalue weighted by Crippen LogP contribution is -2.37. The number of rotatable bonds is 8. The Balaban J connectivity index is 1.64. The minimum absolute atomic E-state index is 0.241. The van der Waals surface area contributed by atoms with Crippen molar-refractivity contribution in [1.29, 1.82) is 0 Å². The van der Waals surface area contributed by atoms with Gasteiger partial charge in [-0.2, -0.15) is 5.10 Å². The van der Waals surface area contributed by atoms with E-state index in [4.69, 9.17) is 9.47 Å². The van der Waals surface area contributed by atoms with E-state index in [1.807, 2.05) is 38.1 Å². The molecule has 0 aliphatic carbocycles. The van der Waals surface area contributed by atoms with Gasteiger partial charge in [-0.3, -0.25) is 14.3 Å². The summed E-state index contributed by atoms with van der Waals surface area (Å²) in [4.78, 5) is 25.1. The van der Waals surface area contributed by atoms with Gasteiger partial charge in [-0.15, -0.1) is 0 Å². The fraction of sp³-hybridized carbons (Fsp3) is 0.292. The molecule has 2 aromatic carbocycles. The first kappa shape index (κ1) is 24.3. The number of ether oxygens (including phenoxy) is 2. The zero-order valence-corrected chi connectivity index (χ0v) is 20.8. The van der Waals surface area contributed by atoms with Crippen LogP contribution in [0.5, 0.6) is 11.5 Å². The molecule has 0 saturated heterocycles. The number of aromatic nitrogens is 2. The van der Waals surface area contributed by atoms with Gasteiger partial charge >= 0.3 is 0 Å². The third-order valence-electron chi connectivity index (χ3n) is 5.26. The van der Waals surface area contributed by atoms with Crippen LogP contribution in [0.15, 0.2) is 53.1 Å². The zero-order chi connectivity index (χ0) is 24.2. The summed E-state index contributed by atoms with van der Waals surface area (Å²) in [6.45, 7) is 4.50. The summed E-state index contributed by atoms with van der Waals surface area (Å²) >= 11 is 3.35. The maximum atomic E-state index is 12.6. The number of carbonyl (C=O) groups is 2. The lowest BCUT2D eigenvalue weighted by atomic mass is 9.84. The maximum Gasteiger partial charge on any atom is 0.272 e. The number of hydrogen-bond acceptors (Lipinski definition) is 5. The summed E-state index contributed by atoms with van der Waals surface area (Å²) in [6.07, 6.45) is 1.73. The molecule has 0 aliphatic heterocycles. The van der Waals surface area contributed by atoms with Gasteiger partial charge in [-0.25, -0.2) is 0 Å². The van der Waals surface area contributed by atoms with Crippen molar-refractivity contribution in [3.8, 4) is 11.5 Å². The Morgan fingerprint density at radius 1 is 1.03 bits per heavy atom. The van der Waals surface area contributed by atoms with E-state index in [0.717, 1.165) is 5.56 Å². The molecule has 0 radical (unpaired) electrons. The van der Waals surface area contributed by atoms with Crippen LogP contribution in [0.3, 0.4) is 0 Å². The number of nitrogens with one attached hydrogen (secondary N) is 2. The van der Waals surface area contributed by atoms with E-state index in [2.05, 4.69) is 31.7 Å². The number of hydrogen-bond donors (Lipinski definition) is 2. The third-order valence-corrected chi connectivity index (χ3v) is 5.84. The molecule has 0 bridgehead atoms. The minimum atomic E-state index is -0.331. The van der Waals surface area contributed by atoms with Crippen molar-refractivity contribution in [2.75, 3.05) is 26.1 Å². The molecule has 0 spiro atoms. The van der Waals surface area contributed by atoms with E-state index >= 15 is 0 Å². The van der Waals surface area contributed by atoms with Crippen molar-refractivity contribution in [3.63, 3.8) is 0 Å². The first-order valence-corrected chi connectivity index (χ1v) is 11.0. The van der Waals surface area contributed by atoms with Gasteiger partial charge in [0.1, 0.15) is 0 Å². The van der Waals surface area contributed by atoms with Gasteiger partial charge < -0.3 is 20.1 Å². The number of amides is 2. The average molecular weight is 515 g/mol. The first-order chi connectivity index (χ1) is 15.6. The van der Waals surface area contributed by atoms with E-state index in [1.165, 1.54) is 7.11 Å². The molecule has 3 rings (SSSR count). The molecule has 33 heavy (non-hydrogen) atoms. The molecular weight excluding hydrogens is 488 g/mol. The highest BCUT2D eigenvalue weighted by Crippen LogP contribution is 2.28. The maximum absolute atomic E-state index is 12.6. The summed E-state index contributed by atoms with van der Waals surface area (Å²) in [5, 5.41) is 10.00. The van der Waals surface area contributed by atoms with Crippen molar-refractivity contribution in [1.82, 2.24) is 15.1 Å². The molecule has 0 saturated carbocycles. The molecule has 1 aromatic heterocycles. The Bertz CT molecular complexity index is 1160. The lowest BCUT2D eigenvalue weighted by Gasteiger charge is -2.26. The van der Waals surface area contributed by atoms with Crippen LogP contribution in [0.4, 0.5) is 5.69 Å². The summed E-state index contributed by atoms with van der Waals surface area (Å²) in [5.41, 5.74) is 2.16. The Kier molecular flexibility index (Phi) is 7.43. The van der Waals surface area contributed by atoms with Gasteiger partial charge in [0, 0.05) is 36.5 Å². The molecule has 3 aromatic rings. The van der Waals surface area contributed by atoms with E-state index < -0.39 is 0 Å². The number of carbonyl (C=O) groups excluding carboxylic acids is 2. The SMILES string of the molecule is COc1ccc(C(=O)Nc2ccc(C(C)(C)CNC(=O)c3nn(C)cc3Br)cc2)cc1OC. The van der Waals surface area contributed by atoms with Gasteiger partial charge in [0.05, 0.1) is 18.7 Å². The van der Waals surface area contributed by atoms with Crippen molar-refractivity contribution in [3.05, 3.63) is 70.0 Å². The van der Waals surface area contributed by atoms with Crippen molar-refractivity contribution in [2.24, 2.45) is 7.05 Å². The number of nitrogens with zero attached hydrogens (tertiary/aromatic N) is 2. The Morgan fingerprint density at radius 3 is 2.27 bits per heavy atom. The monoisotopic (exact) mass is 514 g/mol. The van der Waals surface area contributed by atoms with Crippen LogP contribution < -0.4 is 20.1 Å². The molecule has 0 atom stereocenters. The van der Waals surface area contributed by atoms with Gasteiger partial charge in [-0.05, 0) is 51.8 Å². The van der Waals surface area contributed by atoms with Crippen molar-refractivity contribution < 1.29 is 19.1 Å². The second-order valence-electron chi connectivity index (χ2n) is 8.17. The van der Waals surface area contributed by atoms with Gasteiger partial charge in [0.2, 0.25) is 0 Å². The Morgan fingerprint density at radius 2 is 1.70 bits per heavy atom. The third kappa shape index (κ3) is 5.73. The summed E-state index contributed by atoms with van der Waals surface area (Å²) in [7, 11) is 4.83. The Hall–Kier alpha value is -3.33. The van der Waals surface area contributed by atoms with Gasteiger partial charge in [-0.1, -0.05) is 26.0 Å². The standard InChI is InChI=1S/C24H27BrN4O4/c1-24(2,14-26-23(31)21-18(25)13-29(3)28-21)16-7-9-17(10-8-16)27-22(30)15-6-11-19(32-4)20(12-15)33-5/h6-13H,14H2,1-5H3,(H,26,31)(H,27,30). The van der Waals surface area contributed by atoms with E-state index in [0.29, 0.717) is 39.5 Å². The number of anilines is 1. The second kappa shape index (κ2) is 10.1. The fourth-order valence-electron chi connectivity index (χ4n) is 3.29. The largest absolute Gasteiger partial charge is 0.493 e. The van der Waals surface area contributed by atoms with E-state index in [1.54, 1.807) is 43.2 Å². The summed E-state index contributed by atoms with van der Waals surface area (Å²) < 4.78 is 12.7. The number of aryl methyl sites for hydroxylation is 1. The van der Waals surface area contributed by atoms with Crippen molar-refractivity contribution in [2.45, 2.75) is 19.3 Å². The molecule has 0 aliphatic rings. The Labute approximate surface area is 201 Å². The smallest absolute Gasteiger partial charge is 0.272 e. The molecule has 2 N–H and O–H groups in total. The summed E-state index contributed by atoms with van der Waals surface area (Å²) in [5.74, 6) is 0.552. The van der Waals surface area contributed by atoms with Gasteiger partial charge in [0.25, 0.3) is 11.8 Å². The van der Waals surface area contributed by atoms with E-state index in [-0.39, 0.29) is 17.2 Å². The number of halogens is 1. The molecule has 0 unspecified atom stereocenters. The first-order valence-electron chi connectivity index (χ1n) is 10.3. The van der Waals surface area contributed by atoms with Crippen LogP contribution in [0, 0.1) is 0 Å². The lowest BCUT2D eigenvalue weighted by molar-refractivity contribution is 0.0938. The number of methoxy groups -OCH3 is 2. The second-order valence-corrected chi connectivity index (χ2v) is 9.02. The van der Waals surface area contributed by atoms with Crippen LogP contribution in [0.2, 0.25) is 0 Å². The van der Waals surface area contributed by atoms with Crippen LogP contribution in [0.25, 0.3) is 0 Å². The molecule has 0 fully saturated rings. The normalized spacial score (nSPS) is 11.1. The zero-order valence-electron chi connectivity index (χ0n) is 19.2. The highest BCUT2D eigenvalue weighted by molar-refractivity contribution is 9.10. The number of benzene rings is 2. The fourth-order valence-corrected chi connectivity index (χ4v) is 3.84. The average Bonchev–Trinajstić information content (AvgIpc) is 3.15. The minimum Gasteiger partial charge on any atom is -0.493 e. The van der Waals surface area contributed by atoms with E-state index in [9.17, 15) is 9.59 Å². The highest BCUT2D eigenvalue weighted by atomic mass is 79.9. The molecule has 8 nitrogen and oxygen atoms in total. The predicted molar refractivity (Wildman–Crippen MR) is 130 cm³/mol. The predicted octanol–water partition coefficient (Wildman–Crippen LogP) is 4.16. The molecule has 2 amide bonds. The van der Waals surface area contributed by atoms with Crippen LogP contribution >= 0.6 is 15.9 Å². The topological polar surface area (TPSA) is 94.5 Å². The molecule has 1 heterocycles. The van der Waals surface area contributed by atoms with Crippen LogP contribution in [-0.2, 0) is 12.5 Å². The van der Waals surface area contributed by atoms with Gasteiger partial charge in [0.15, 0.2) is 17.2 Å². The molecule has 174 valence electrons. The quantitative estimate of drug-likeness (QED) is 0.470. The highest BCUT2D eigenvalue weighted by Gasteiger charge is 2.23. The molecular formula is C24H27BrN4O4. The van der Waals surface area contributed by atoms with Crippen LogP contribution in [-0.4, -0.2) is 42.4 Å².